The van der Waals surface area contributed by atoms with E-state index in [9.17, 15) is 9.00 Å². The minimum absolute atomic E-state index is 0.131. The highest BCUT2D eigenvalue weighted by Gasteiger charge is 2.21. The maximum Gasteiger partial charge on any atom is 0.225 e. The number of amides is 1. The number of carbonyl (C=O) groups is 1. The summed E-state index contributed by atoms with van der Waals surface area (Å²) in [7, 11) is 6.29. The number of anilines is 2. The van der Waals surface area contributed by atoms with Crippen LogP contribution in [0.1, 0.15) is 30.4 Å². The molecule has 1 fully saturated rings. The number of benzene rings is 1. The zero-order valence-electron chi connectivity index (χ0n) is 21.1. The molecule has 1 amide bonds. The first kappa shape index (κ1) is 26.1. The molecule has 1 aliphatic heterocycles. The minimum Gasteiger partial charge on any atom is -0.497 e. The highest BCUT2D eigenvalue weighted by Crippen LogP contribution is 2.26. The Morgan fingerprint density at radius 3 is 2.35 bits per heavy atom. The fourth-order valence-electron chi connectivity index (χ4n) is 4.28. The van der Waals surface area contributed by atoms with E-state index in [1.807, 2.05) is 38.1 Å². The highest BCUT2D eigenvalue weighted by atomic mass is 32.2. The molecule has 0 bridgehead atoms. The molecule has 2 aromatic rings. The van der Waals surface area contributed by atoms with Gasteiger partial charge in [-0.25, -0.2) is 13.5 Å². The summed E-state index contributed by atoms with van der Waals surface area (Å²) < 4.78 is 20.0. The molecule has 3 rings (SSSR count). The number of ether oxygens (including phenoxy) is 1. The number of piperidine rings is 1. The van der Waals surface area contributed by atoms with Crippen LogP contribution in [0.4, 0.5) is 11.5 Å². The maximum absolute atomic E-state index is 13.0. The van der Waals surface area contributed by atoms with Crippen LogP contribution in [0.5, 0.6) is 5.75 Å². The number of pyridine rings is 1. The van der Waals surface area contributed by atoms with Crippen molar-refractivity contribution in [1.82, 2.24) is 14.2 Å². The first-order chi connectivity index (χ1) is 16.2. The van der Waals surface area contributed by atoms with Crippen LogP contribution in [0.2, 0.25) is 0 Å². The Hall–Kier alpha value is -2.49. The molecule has 1 aliphatic rings. The van der Waals surface area contributed by atoms with E-state index in [4.69, 9.17) is 4.74 Å². The van der Waals surface area contributed by atoms with Crippen LogP contribution < -0.4 is 15.0 Å². The van der Waals surface area contributed by atoms with Gasteiger partial charge in [-0.15, -0.1) is 0 Å². The predicted molar refractivity (Wildman–Crippen MR) is 138 cm³/mol. The number of rotatable bonds is 9. The van der Waals surface area contributed by atoms with E-state index in [2.05, 4.69) is 34.2 Å². The summed E-state index contributed by atoms with van der Waals surface area (Å²) in [5.74, 6) is 1.55. The van der Waals surface area contributed by atoms with Crippen LogP contribution in [0.3, 0.4) is 0 Å². The monoisotopic (exact) mass is 487 g/mol. The summed E-state index contributed by atoms with van der Waals surface area (Å²) in [5.41, 5.74) is 2.48. The molecule has 1 atom stereocenters. The second-order valence-corrected chi connectivity index (χ2v) is 10.6. The fourth-order valence-corrected chi connectivity index (χ4v) is 5.52. The number of hydrogen-bond acceptors (Lipinski definition) is 6. The third-order valence-corrected chi connectivity index (χ3v) is 8.07. The van der Waals surface area contributed by atoms with E-state index in [1.165, 1.54) is 0 Å². The van der Waals surface area contributed by atoms with E-state index in [1.54, 1.807) is 24.7 Å². The first-order valence-corrected chi connectivity index (χ1v) is 12.8. The summed E-state index contributed by atoms with van der Waals surface area (Å²) >= 11 is 0. The fraction of sp³-hybridized carbons (Fsp3) is 0.520. The lowest BCUT2D eigenvalue weighted by Gasteiger charge is -2.35. The van der Waals surface area contributed by atoms with Crippen LogP contribution >= 0.6 is 0 Å². The number of methoxy groups -OCH3 is 1. The molecule has 1 unspecified atom stereocenters. The van der Waals surface area contributed by atoms with Gasteiger partial charge in [-0.2, -0.15) is 0 Å². The zero-order chi connectivity index (χ0) is 24.8. The molecule has 0 saturated carbocycles. The average Bonchev–Trinajstić information content (AvgIpc) is 2.82. The molecule has 0 spiro atoms. The van der Waals surface area contributed by atoms with E-state index in [0.717, 1.165) is 53.5 Å². The van der Waals surface area contributed by atoms with Gasteiger partial charge in [0.05, 0.1) is 23.9 Å². The minimum atomic E-state index is -1.36. The van der Waals surface area contributed by atoms with Gasteiger partial charge < -0.3 is 19.9 Å². The molecule has 1 aromatic heterocycles. The lowest BCUT2D eigenvalue weighted by atomic mass is 10.0. The summed E-state index contributed by atoms with van der Waals surface area (Å²) in [6, 6.07) is 8.23. The molecule has 8 nitrogen and oxygen atoms in total. The van der Waals surface area contributed by atoms with Crippen molar-refractivity contribution in [3.63, 3.8) is 0 Å². The number of hydrogen-bond donors (Lipinski definition) is 1. The zero-order valence-corrected chi connectivity index (χ0v) is 21.9. The van der Waals surface area contributed by atoms with E-state index in [-0.39, 0.29) is 12.3 Å². The average molecular weight is 488 g/mol. The highest BCUT2D eigenvalue weighted by molar-refractivity contribution is 7.82. The summed E-state index contributed by atoms with van der Waals surface area (Å²) in [6.07, 6.45) is 4.18. The Morgan fingerprint density at radius 2 is 1.82 bits per heavy atom. The van der Waals surface area contributed by atoms with Crippen molar-refractivity contribution in [2.75, 3.05) is 58.1 Å². The second kappa shape index (κ2) is 11.8. The Balaban J connectivity index is 1.50. The topological polar surface area (TPSA) is 78.0 Å². The molecule has 9 heteroatoms. The van der Waals surface area contributed by atoms with E-state index < -0.39 is 11.0 Å². The SMILES string of the molecule is COc1cc(C)c(S(=O)N(C)CCC(=O)Nc2ccc(N3CCC(N(C)C)CC3)nc2)c(C)c1. The number of aryl methyl sites for hydroxylation is 2. The molecule has 186 valence electrons. The van der Waals surface area contributed by atoms with Crippen molar-refractivity contribution < 1.29 is 13.7 Å². The van der Waals surface area contributed by atoms with Gasteiger partial charge in [0.15, 0.2) is 0 Å². The van der Waals surface area contributed by atoms with Crippen LogP contribution in [0, 0.1) is 13.8 Å². The van der Waals surface area contributed by atoms with Gasteiger partial charge in [0.1, 0.15) is 22.6 Å². The number of carbonyl (C=O) groups excluding carboxylic acids is 1. The Bertz CT molecular complexity index is 981. The Labute approximate surface area is 205 Å². The van der Waals surface area contributed by atoms with Crippen molar-refractivity contribution >= 4 is 28.4 Å². The van der Waals surface area contributed by atoms with Gasteiger partial charge >= 0.3 is 0 Å². The number of aromatic nitrogens is 1. The number of nitrogens with one attached hydrogen (secondary N) is 1. The normalized spacial score (nSPS) is 15.6. The predicted octanol–water partition coefficient (Wildman–Crippen LogP) is 3.22. The maximum atomic E-state index is 13.0. The van der Waals surface area contributed by atoms with Crippen molar-refractivity contribution in [2.24, 2.45) is 0 Å². The molecule has 1 saturated heterocycles. The van der Waals surface area contributed by atoms with Gasteiger partial charge in [-0.05, 0) is 76.2 Å². The van der Waals surface area contributed by atoms with Crippen molar-refractivity contribution in [2.45, 2.75) is 44.0 Å². The van der Waals surface area contributed by atoms with Crippen molar-refractivity contribution in [3.05, 3.63) is 41.6 Å². The first-order valence-electron chi connectivity index (χ1n) is 11.6. The van der Waals surface area contributed by atoms with Crippen molar-refractivity contribution in [1.29, 1.82) is 0 Å². The van der Waals surface area contributed by atoms with Crippen LogP contribution in [0.25, 0.3) is 0 Å². The largest absolute Gasteiger partial charge is 0.497 e. The van der Waals surface area contributed by atoms with E-state index in [0.29, 0.717) is 18.3 Å². The molecule has 1 N–H and O–H groups in total. The summed E-state index contributed by atoms with van der Waals surface area (Å²) in [4.78, 5) is 22.4. The third-order valence-electron chi connectivity index (χ3n) is 6.33. The molecule has 34 heavy (non-hydrogen) atoms. The van der Waals surface area contributed by atoms with Gasteiger partial charge in [0, 0.05) is 39.1 Å². The molecule has 0 aliphatic carbocycles. The third kappa shape index (κ3) is 6.55. The van der Waals surface area contributed by atoms with Gasteiger partial charge in [0.2, 0.25) is 5.91 Å². The lowest BCUT2D eigenvalue weighted by Crippen LogP contribution is -2.42. The smallest absolute Gasteiger partial charge is 0.225 e. The quantitative estimate of drug-likeness (QED) is 0.585. The van der Waals surface area contributed by atoms with Crippen LogP contribution in [0.15, 0.2) is 35.4 Å². The molecule has 0 radical (unpaired) electrons. The Kier molecular flexibility index (Phi) is 9.04. The molecule has 2 heterocycles. The molecule has 1 aromatic carbocycles. The van der Waals surface area contributed by atoms with E-state index >= 15 is 0 Å². The van der Waals surface area contributed by atoms with Gasteiger partial charge in [-0.1, -0.05) is 0 Å². The van der Waals surface area contributed by atoms with Gasteiger partial charge in [-0.3, -0.25) is 4.79 Å². The Morgan fingerprint density at radius 1 is 1.18 bits per heavy atom. The number of nitrogens with zero attached hydrogens (tertiary/aromatic N) is 4. The van der Waals surface area contributed by atoms with Crippen LogP contribution in [-0.2, 0) is 15.8 Å². The summed E-state index contributed by atoms with van der Waals surface area (Å²) in [5, 5.41) is 2.90. The summed E-state index contributed by atoms with van der Waals surface area (Å²) in [6.45, 7) is 6.18. The molecular weight excluding hydrogens is 450 g/mol. The van der Waals surface area contributed by atoms with Crippen LogP contribution in [-0.4, -0.2) is 78.2 Å². The standard InChI is InChI=1S/C25H37N5O3S/c1-18-15-22(33-6)16-19(2)25(18)34(32)29(5)12-11-24(31)27-20-7-8-23(26-17-20)30-13-9-21(10-14-30)28(3)4/h7-8,15-17,21H,9-14H2,1-6H3,(H,27,31). The van der Waals surface area contributed by atoms with Crippen molar-refractivity contribution in [3.8, 4) is 5.75 Å². The molecular formula is C25H37N5O3S. The second-order valence-electron chi connectivity index (χ2n) is 9.08. The van der Waals surface area contributed by atoms with Gasteiger partial charge in [0.25, 0.3) is 0 Å². The lowest BCUT2D eigenvalue weighted by molar-refractivity contribution is -0.116.